The smallest absolute Gasteiger partial charge is 0.336 e. The van der Waals surface area contributed by atoms with E-state index < -0.39 is 6.23 Å². The quantitative estimate of drug-likeness (QED) is 0.588. The summed E-state index contributed by atoms with van der Waals surface area (Å²) in [5, 5.41) is 14.8. The van der Waals surface area contributed by atoms with Crippen LogP contribution in [-0.2, 0) is 0 Å². The van der Waals surface area contributed by atoms with Crippen LogP contribution in [0.3, 0.4) is 0 Å². The molecule has 1 saturated carbocycles. The number of aliphatic hydroxyl groups is 1. The number of rotatable bonds is 4. The molecule has 0 amide bonds. The molecule has 1 fully saturated rings. The van der Waals surface area contributed by atoms with Gasteiger partial charge in [0.15, 0.2) is 0 Å². The molecule has 1 atom stereocenters. The van der Waals surface area contributed by atoms with E-state index in [4.69, 9.17) is 0 Å². The van der Waals surface area contributed by atoms with Gasteiger partial charge in [-0.3, -0.25) is 13.9 Å². The minimum atomic E-state index is -1.00. The van der Waals surface area contributed by atoms with E-state index in [0.717, 1.165) is 23.0 Å². The van der Waals surface area contributed by atoms with E-state index in [1.165, 1.54) is 9.13 Å². The fourth-order valence-electron chi connectivity index (χ4n) is 3.88. The number of benzene rings is 2. The molecule has 2 heterocycles. The molecule has 5 rings (SSSR count). The number of halogens is 1. The van der Waals surface area contributed by atoms with Crippen molar-refractivity contribution in [2.45, 2.75) is 25.1 Å². The summed E-state index contributed by atoms with van der Waals surface area (Å²) in [7, 11) is 1.71. The molecule has 2 aliphatic rings. The summed E-state index contributed by atoms with van der Waals surface area (Å²) in [5.41, 5.74) is 0.680. The third kappa shape index (κ3) is 3.41. The van der Waals surface area contributed by atoms with E-state index in [0.29, 0.717) is 22.1 Å². The van der Waals surface area contributed by atoms with Crippen LogP contribution in [0.1, 0.15) is 18.9 Å². The third-order valence-electron chi connectivity index (χ3n) is 5.65. The summed E-state index contributed by atoms with van der Waals surface area (Å²) >= 11 is 3.42. The van der Waals surface area contributed by atoms with Crippen LogP contribution in [-0.4, -0.2) is 32.4 Å². The maximum atomic E-state index is 13.6. The molecular weight excluding hydrogens is 460 g/mol. The maximum Gasteiger partial charge on any atom is 0.336 e. The summed E-state index contributed by atoms with van der Waals surface area (Å²) in [4.78, 5) is 28.6. The lowest BCUT2D eigenvalue weighted by atomic mass is 10.2. The second kappa shape index (κ2) is 7.55. The number of aliphatic hydroxyl groups excluding tert-OH is 1. The first-order valence-corrected chi connectivity index (χ1v) is 10.9. The van der Waals surface area contributed by atoms with E-state index in [-0.39, 0.29) is 17.3 Å². The van der Waals surface area contributed by atoms with Crippen molar-refractivity contribution < 1.29 is 5.11 Å². The second-order valence-corrected chi connectivity index (χ2v) is 8.71. The van der Waals surface area contributed by atoms with Gasteiger partial charge in [0.25, 0.3) is 5.56 Å². The molecule has 1 aliphatic carbocycles. The third-order valence-corrected chi connectivity index (χ3v) is 6.18. The zero-order valence-electron chi connectivity index (χ0n) is 16.8. The number of para-hydroxylation sites is 1. The first-order valence-electron chi connectivity index (χ1n) is 10.1. The summed E-state index contributed by atoms with van der Waals surface area (Å²) in [6.45, 7) is 0. The first kappa shape index (κ1) is 19.8. The van der Waals surface area contributed by atoms with Gasteiger partial charge in [0.05, 0.1) is 11.0 Å². The highest BCUT2D eigenvalue weighted by Crippen LogP contribution is 2.32. The number of nitrogens with zero attached hydrogens (tertiary/aromatic N) is 3. The maximum absolute atomic E-state index is 13.6. The minimum Gasteiger partial charge on any atom is -0.370 e. The molecule has 0 radical (unpaired) electrons. The number of anilines is 1. The van der Waals surface area contributed by atoms with Gasteiger partial charge < -0.3 is 15.3 Å². The van der Waals surface area contributed by atoms with Gasteiger partial charge in [0.1, 0.15) is 17.3 Å². The minimum absolute atomic E-state index is 0.0953. The van der Waals surface area contributed by atoms with E-state index in [2.05, 4.69) is 21.2 Å². The molecule has 158 valence electrons. The highest BCUT2D eigenvalue weighted by atomic mass is 79.9. The topological polar surface area (TPSA) is 79.5 Å². The molecule has 0 saturated heterocycles. The van der Waals surface area contributed by atoms with Crippen LogP contribution in [0.5, 0.6) is 0 Å². The van der Waals surface area contributed by atoms with Crippen molar-refractivity contribution in [2.75, 3.05) is 12.4 Å². The molecule has 0 bridgehead atoms. The van der Waals surface area contributed by atoms with E-state index >= 15 is 0 Å². The van der Waals surface area contributed by atoms with Gasteiger partial charge in [-0.05, 0) is 55.3 Å². The summed E-state index contributed by atoms with van der Waals surface area (Å²) in [6.07, 6.45) is 2.15. The Bertz CT molecular complexity index is 1390. The number of aromatic nitrogens is 2. The standard InChI is InChI=1S/C23H21BrN4O3/c1-26-19(29)13-18-20(21(26)25-15-5-3-2-4-6-15)22(30)28(17-11-12-17)23(31)27(18)16-9-7-14(24)8-10-16/h2-10,13,17,19,25,29H,11-12H2,1H3. The Morgan fingerprint density at radius 3 is 2.35 bits per heavy atom. The van der Waals surface area contributed by atoms with Crippen molar-refractivity contribution >= 4 is 33.5 Å². The van der Waals surface area contributed by atoms with Crippen LogP contribution in [0.4, 0.5) is 5.69 Å². The predicted molar refractivity (Wildman–Crippen MR) is 123 cm³/mol. The van der Waals surface area contributed by atoms with Gasteiger partial charge in [0.2, 0.25) is 0 Å². The van der Waals surface area contributed by atoms with E-state index in [1.54, 1.807) is 18.0 Å². The zero-order chi connectivity index (χ0) is 21.7. The average molecular weight is 481 g/mol. The van der Waals surface area contributed by atoms with E-state index in [1.807, 2.05) is 54.6 Å². The molecule has 1 aromatic heterocycles. The monoisotopic (exact) mass is 480 g/mol. The molecule has 0 spiro atoms. The average Bonchev–Trinajstić information content (AvgIpc) is 3.58. The van der Waals surface area contributed by atoms with Gasteiger partial charge >= 0.3 is 5.69 Å². The first-order chi connectivity index (χ1) is 15.0. The Kier molecular flexibility index (Phi) is 4.83. The Balaban J connectivity index is 1.90. The molecule has 7 nitrogen and oxygen atoms in total. The van der Waals surface area contributed by atoms with Crippen molar-refractivity contribution in [1.82, 2.24) is 14.0 Å². The zero-order valence-corrected chi connectivity index (χ0v) is 18.4. The van der Waals surface area contributed by atoms with Gasteiger partial charge in [-0.15, -0.1) is 0 Å². The number of hydrogen-bond donors (Lipinski definition) is 2. The fourth-order valence-corrected chi connectivity index (χ4v) is 4.15. The lowest BCUT2D eigenvalue weighted by Gasteiger charge is -2.30. The van der Waals surface area contributed by atoms with Crippen molar-refractivity contribution in [3.8, 4) is 5.69 Å². The molecule has 3 aromatic rings. The van der Waals surface area contributed by atoms with Crippen LogP contribution in [0.15, 0.2) is 68.7 Å². The fraction of sp³-hybridized carbons (Fsp3) is 0.217. The molecule has 8 heteroatoms. The van der Waals surface area contributed by atoms with Crippen LogP contribution >= 0.6 is 15.9 Å². The lowest BCUT2D eigenvalue weighted by Crippen LogP contribution is -2.62. The normalized spacial score (nSPS) is 17.8. The van der Waals surface area contributed by atoms with Crippen molar-refractivity contribution in [1.29, 1.82) is 0 Å². The van der Waals surface area contributed by atoms with E-state index in [9.17, 15) is 14.7 Å². The van der Waals surface area contributed by atoms with Crippen LogP contribution in [0.25, 0.3) is 17.6 Å². The van der Waals surface area contributed by atoms with Crippen LogP contribution in [0.2, 0.25) is 0 Å². The van der Waals surface area contributed by atoms with Gasteiger partial charge in [-0.2, -0.15) is 0 Å². The highest BCUT2D eigenvalue weighted by Gasteiger charge is 2.31. The largest absolute Gasteiger partial charge is 0.370 e. The SMILES string of the molecule is CN1C(Nc2ccccc2)=c2c(n(-c3ccc(Br)cc3)c(=O)n(C3CC3)c2=O)=CC1O. The van der Waals surface area contributed by atoms with Gasteiger partial charge in [0, 0.05) is 23.2 Å². The molecule has 2 N–H and O–H groups in total. The Morgan fingerprint density at radius 2 is 1.71 bits per heavy atom. The van der Waals surface area contributed by atoms with Crippen molar-refractivity contribution in [2.24, 2.45) is 0 Å². The summed E-state index contributed by atoms with van der Waals surface area (Å²) < 4.78 is 3.76. The summed E-state index contributed by atoms with van der Waals surface area (Å²) in [5.74, 6) is 0.460. The molecule has 1 unspecified atom stereocenters. The van der Waals surface area contributed by atoms with Crippen molar-refractivity contribution in [3.05, 3.63) is 90.5 Å². The molecule has 31 heavy (non-hydrogen) atoms. The Labute approximate surface area is 186 Å². The number of hydrogen-bond acceptors (Lipinski definition) is 5. The Hall–Kier alpha value is -3.10. The predicted octanol–water partition coefficient (Wildman–Crippen LogP) is 1.32. The molecule has 2 aromatic carbocycles. The number of fused-ring (bicyclic) bond motifs is 1. The molecular formula is C23H21BrN4O3. The van der Waals surface area contributed by atoms with Crippen LogP contribution in [0, 0.1) is 0 Å². The van der Waals surface area contributed by atoms with Crippen LogP contribution < -0.4 is 27.1 Å². The van der Waals surface area contributed by atoms with Crippen molar-refractivity contribution in [3.63, 3.8) is 0 Å². The van der Waals surface area contributed by atoms with Gasteiger partial charge in [-0.1, -0.05) is 34.1 Å². The second-order valence-electron chi connectivity index (χ2n) is 7.79. The molecule has 1 aliphatic heterocycles. The summed E-state index contributed by atoms with van der Waals surface area (Å²) in [6, 6.07) is 16.7. The Morgan fingerprint density at radius 1 is 1.03 bits per heavy atom. The highest BCUT2D eigenvalue weighted by molar-refractivity contribution is 9.10. The van der Waals surface area contributed by atoms with Gasteiger partial charge in [-0.25, -0.2) is 4.79 Å². The lowest BCUT2D eigenvalue weighted by molar-refractivity contribution is 0.118. The number of nitrogens with one attached hydrogen (secondary N) is 1.